The molecule has 0 radical (unpaired) electrons. The lowest BCUT2D eigenvalue weighted by molar-refractivity contribution is 0.100. The molecular weight excluding hydrogens is 246 g/mol. The second-order valence-corrected chi connectivity index (χ2v) is 5.98. The molecule has 18 heavy (non-hydrogen) atoms. The first-order valence-electron chi connectivity index (χ1n) is 6.73. The van der Waals surface area contributed by atoms with E-state index in [4.69, 9.17) is 4.42 Å². The van der Waals surface area contributed by atoms with E-state index in [-0.39, 0.29) is 6.10 Å². The summed E-state index contributed by atoms with van der Waals surface area (Å²) in [4.78, 5) is 0. The standard InChI is InChI=1S/C14H23NO2S/c1-18-10-14-6-5-13(17-14)9-15-8-11-3-2-4-12(16)7-11/h5-6,11-12,15-16H,2-4,7-10H2,1H3. The largest absolute Gasteiger partial charge is 0.464 e. The molecule has 3 nitrogen and oxygen atoms in total. The second-order valence-electron chi connectivity index (χ2n) is 5.12. The second kappa shape index (κ2) is 7.22. The highest BCUT2D eigenvalue weighted by atomic mass is 32.2. The lowest BCUT2D eigenvalue weighted by atomic mass is 9.87. The molecule has 0 amide bonds. The molecular formula is C14H23NO2S. The molecule has 1 fully saturated rings. The summed E-state index contributed by atoms with van der Waals surface area (Å²) in [6.45, 7) is 1.77. The van der Waals surface area contributed by atoms with Gasteiger partial charge in [-0.25, -0.2) is 0 Å². The maximum Gasteiger partial charge on any atom is 0.117 e. The first-order chi connectivity index (χ1) is 8.78. The van der Waals surface area contributed by atoms with Crippen LogP contribution in [-0.4, -0.2) is 24.0 Å². The average molecular weight is 269 g/mol. The molecule has 2 rings (SSSR count). The van der Waals surface area contributed by atoms with Crippen LogP contribution in [0.5, 0.6) is 0 Å². The molecule has 1 aromatic heterocycles. The minimum Gasteiger partial charge on any atom is -0.464 e. The van der Waals surface area contributed by atoms with Gasteiger partial charge >= 0.3 is 0 Å². The minimum absolute atomic E-state index is 0.0812. The summed E-state index contributed by atoms with van der Waals surface area (Å²) in [7, 11) is 0. The third-order valence-corrected chi connectivity index (χ3v) is 4.06. The van der Waals surface area contributed by atoms with Gasteiger partial charge in [-0.15, -0.1) is 0 Å². The molecule has 2 atom stereocenters. The van der Waals surface area contributed by atoms with Crippen LogP contribution < -0.4 is 5.32 Å². The molecule has 1 aliphatic carbocycles. The van der Waals surface area contributed by atoms with Crippen LogP contribution in [0.3, 0.4) is 0 Å². The Morgan fingerprint density at radius 1 is 1.39 bits per heavy atom. The van der Waals surface area contributed by atoms with Crippen LogP contribution in [0.4, 0.5) is 0 Å². The number of aliphatic hydroxyl groups is 1. The number of furan rings is 1. The van der Waals surface area contributed by atoms with E-state index in [9.17, 15) is 5.11 Å². The van der Waals surface area contributed by atoms with Crippen molar-refractivity contribution in [2.75, 3.05) is 12.8 Å². The highest BCUT2D eigenvalue weighted by Crippen LogP contribution is 2.23. The fraction of sp³-hybridized carbons (Fsp3) is 0.714. The summed E-state index contributed by atoms with van der Waals surface area (Å²) >= 11 is 1.77. The Labute approximate surface area is 113 Å². The highest BCUT2D eigenvalue weighted by Gasteiger charge is 2.19. The molecule has 1 heterocycles. The smallest absolute Gasteiger partial charge is 0.117 e. The summed E-state index contributed by atoms with van der Waals surface area (Å²) in [6.07, 6.45) is 6.32. The van der Waals surface area contributed by atoms with Gasteiger partial charge in [-0.05, 0) is 50.1 Å². The Bertz CT molecular complexity index is 353. The third kappa shape index (κ3) is 4.34. The van der Waals surface area contributed by atoms with Crippen LogP contribution in [0.2, 0.25) is 0 Å². The summed E-state index contributed by atoms with van der Waals surface area (Å²) in [5.41, 5.74) is 0. The molecule has 0 spiro atoms. The molecule has 1 aliphatic rings. The van der Waals surface area contributed by atoms with E-state index in [1.54, 1.807) is 11.8 Å². The van der Waals surface area contributed by atoms with Crippen molar-refractivity contribution in [3.63, 3.8) is 0 Å². The quantitative estimate of drug-likeness (QED) is 0.833. The van der Waals surface area contributed by atoms with Crippen molar-refractivity contribution < 1.29 is 9.52 Å². The van der Waals surface area contributed by atoms with Gasteiger partial charge in [0.1, 0.15) is 11.5 Å². The SMILES string of the molecule is CSCc1ccc(CNCC2CCCC(O)C2)o1. The van der Waals surface area contributed by atoms with Crippen LogP contribution in [0.15, 0.2) is 16.5 Å². The molecule has 1 saturated carbocycles. The lowest BCUT2D eigenvalue weighted by Crippen LogP contribution is -2.28. The van der Waals surface area contributed by atoms with Crippen LogP contribution >= 0.6 is 11.8 Å². The van der Waals surface area contributed by atoms with Gasteiger partial charge in [-0.2, -0.15) is 11.8 Å². The van der Waals surface area contributed by atoms with Crippen molar-refractivity contribution in [1.29, 1.82) is 0 Å². The Kier molecular flexibility index (Phi) is 5.60. The molecule has 0 aromatic carbocycles. The van der Waals surface area contributed by atoms with Crippen LogP contribution in [0, 0.1) is 5.92 Å². The molecule has 0 saturated heterocycles. The van der Waals surface area contributed by atoms with Gasteiger partial charge in [-0.1, -0.05) is 6.42 Å². The van der Waals surface area contributed by atoms with Crippen molar-refractivity contribution in [3.8, 4) is 0 Å². The van der Waals surface area contributed by atoms with Gasteiger partial charge in [0.05, 0.1) is 18.4 Å². The molecule has 1 aromatic rings. The van der Waals surface area contributed by atoms with Crippen LogP contribution in [-0.2, 0) is 12.3 Å². The highest BCUT2D eigenvalue weighted by molar-refractivity contribution is 7.97. The Balaban J connectivity index is 1.67. The van der Waals surface area contributed by atoms with Crippen LogP contribution in [0.1, 0.15) is 37.2 Å². The molecule has 0 aliphatic heterocycles. The van der Waals surface area contributed by atoms with E-state index >= 15 is 0 Å². The molecule has 4 heteroatoms. The predicted molar refractivity (Wildman–Crippen MR) is 75.6 cm³/mol. The third-order valence-electron chi connectivity index (χ3n) is 3.49. The fourth-order valence-electron chi connectivity index (χ4n) is 2.58. The van der Waals surface area contributed by atoms with E-state index in [0.29, 0.717) is 5.92 Å². The zero-order chi connectivity index (χ0) is 12.8. The van der Waals surface area contributed by atoms with Gasteiger partial charge in [0.15, 0.2) is 0 Å². The summed E-state index contributed by atoms with van der Waals surface area (Å²) < 4.78 is 5.70. The molecule has 102 valence electrons. The number of aliphatic hydroxyl groups excluding tert-OH is 1. The van der Waals surface area contributed by atoms with E-state index < -0.39 is 0 Å². The monoisotopic (exact) mass is 269 g/mol. The summed E-state index contributed by atoms with van der Waals surface area (Å²) in [6, 6.07) is 4.10. The van der Waals surface area contributed by atoms with Gasteiger partial charge in [-0.3, -0.25) is 0 Å². The Hall–Kier alpha value is -0.450. The Morgan fingerprint density at radius 3 is 3.00 bits per heavy atom. The maximum absolute atomic E-state index is 9.61. The van der Waals surface area contributed by atoms with Crippen molar-refractivity contribution >= 4 is 11.8 Å². The van der Waals surface area contributed by atoms with E-state index in [0.717, 1.165) is 49.6 Å². The zero-order valence-corrected chi connectivity index (χ0v) is 11.8. The van der Waals surface area contributed by atoms with Crippen molar-refractivity contribution in [1.82, 2.24) is 5.32 Å². The number of rotatable bonds is 6. The van der Waals surface area contributed by atoms with E-state index in [2.05, 4.69) is 17.6 Å². The molecule has 2 N–H and O–H groups in total. The molecule has 2 unspecified atom stereocenters. The van der Waals surface area contributed by atoms with Gasteiger partial charge in [0.25, 0.3) is 0 Å². The zero-order valence-electron chi connectivity index (χ0n) is 11.0. The first kappa shape index (κ1) is 14.0. The summed E-state index contributed by atoms with van der Waals surface area (Å²) in [5.74, 6) is 3.62. The topological polar surface area (TPSA) is 45.4 Å². The number of nitrogens with one attached hydrogen (secondary N) is 1. The van der Waals surface area contributed by atoms with Gasteiger partial charge in [0, 0.05) is 0 Å². The number of hydrogen-bond donors (Lipinski definition) is 2. The van der Waals surface area contributed by atoms with Crippen molar-refractivity contribution in [3.05, 3.63) is 23.7 Å². The Morgan fingerprint density at radius 2 is 2.22 bits per heavy atom. The van der Waals surface area contributed by atoms with Crippen LogP contribution in [0.25, 0.3) is 0 Å². The number of thioether (sulfide) groups is 1. The molecule has 0 bridgehead atoms. The lowest BCUT2D eigenvalue weighted by Gasteiger charge is -2.25. The first-order valence-corrected chi connectivity index (χ1v) is 8.12. The van der Waals surface area contributed by atoms with Crippen molar-refractivity contribution in [2.24, 2.45) is 5.92 Å². The van der Waals surface area contributed by atoms with Gasteiger partial charge < -0.3 is 14.8 Å². The minimum atomic E-state index is -0.0812. The number of hydrogen-bond acceptors (Lipinski definition) is 4. The fourth-order valence-corrected chi connectivity index (χ4v) is 3.02. The van der Waals surface area contributed by atoms with Crippen molar-refractivity contribution in [2.45, 2.75) is 44.1 Å². The predicted octanol–water partition coefficient (Wildman–Crippen LogP) is 2.78. The van der Waals surface area contributed by atoms with E-state index in [1.807, 2.05) is 6.07 Å². The average Bonchev–Trinajstić information content (AvgIpc) is 2.78. The normalized spacial score (nSPS) is 24.3. The maximum atomic E-state index is 9.61. The summed E-state index contributed by atoms with van der Waals surface area (Å²) in [5, 5.41) is 13.0. The van der Waals surface area contributed by atoms with Gasteiger partial charge in [0.2, 0.25) is 0 Å². The van der Waals surface area contributed by atoms with E-state index in [1.165, 1.54) is 6.42 Å².